The van der Waals surface area contributed by atoms with E-state index in [1.165, 1.54) is 6.07 Å². The highest BCUT2D eigenvalue weighted by molar-refractivity contribution is 9.10. The fourth-order valence-corrected chi connectivity index (χ4v) is 1.81. The Balaban J connectivity index is 3.14. The number of benzene rings is 1. The van der Waals surface area contributed by atoms with Gasteiger partial charge in [0.1, 0.15) is 0 Å². The van der Waals surface area contributed by atoms with Crippen LogP contribution in [0.5, 0.6) is 0 Å². The van der Waals surface area contributed by atoms with Gasteiger partial charge in [0.05, 0.1) is 12.2 Å². The van der Waals surface area contributed by atoms with Crippen molar-refractivity contribution in [2.45, 2.75) is 13.1 Å². The highest BCUT2D eigenvalue weighted by Crippen LogP contribution is 2.32. The van der Waals surface area contributed by atoms with Crippen LogP contribution in [0.3, 0.4) is 0 Å². The van der Waals surface area contributed by atoms with Gasteiger partial charge in [-0.1, -0.05) is 15.9 Å². The van der Waals surface area contributed by atoms with E-state index < -0.39 is 17.7 Å². The van der Waals surface area contributed by atoms with E-state index in [0.29, 0.717) is 0 Å². The minimum atomic E-state index is -4.48. The van der Waals surface area contributed by atoms with Gasteiger partial charge in [0.25, 0.3) is 0 Å². The molecule has 0 saturated carbocycles. The van der Waals surface area contributed by atoms with Crippen LogP contribution in [0.4, 0.5) is 13.2 Å². The quantitative estimate of drug-likeness (QED) is 0.679. The molecule has 0 heterocycles. The lowest BCUT2D eigenvalue weighted by atomic mass is 10.1. The Bertz CT molecular complexity index is 512. The minimum absolute atomic E-state index is 0.0924. The Morgan fingerprint density at radius 2 is 2.05 bits per heavy atom. The van der Waals surface area contributed by atoms with Crippen LogP contribution >= 0.6 is 15.9 Å². The number of hydrogen-bond acceptors (Lipinski definition) is 3. The van der Waals surface area contributed by atoms with Gasteiger partial charge in [0.2, 0.25) is 0 Å². The van der Waals surface area contributed by atoms with Gasteiger partial charge in [0, 0.05) is 16.2 Å². The molecule has 2 N–H and O–H groups in total. The molecule has 1 rings (SSSR count). The second-order valence-electron chi connectivity index (χ2n) is 3.58. The van der Waals surface area contributed by atoms with E-state index in [1.807, 2.05) is 0 Å². The largest absolute Gasteiger partial charge is 0.463 e. The molecule has 0 saturated heterocycles. The molecule has 0 aliphatic heterocycles. The average molecular weight is 338 g/mol. The molecule has 104 valence electrons. The van der Waals surface area contributed by atoms with Crippen molar-refractivity contribution >= 4 is 27.6 Å². The topological polar surface area (TPSA) is 52.3 Å². The van der Waals surface area contributed by atoms with Crippen molar-refractivity contribution < 1.29 is 22.7 Å². The van der Waals surface area contributed by atoms with Crippen molar-refractivity contribution in [2.24, 2.45) is 5.73 Å². The predicted molar refractivity (Wildman–Crippen MR) is 67.9 cm³/mol. The zero-order valence-electron chi connectivity index (χ0n) is 9.92. The second-order valence-corrected chi connectivity index (χ2v) is 4.49. The monoisotopic (exact) mass is 337 g/mol. The smallest absolute Gasteiger partial charge is 0.416 e. The zero-order valence-corrected chi connectivity index (χ0v) is 11.5. The van der Waals surface area contributed by atoms with E-state index in [9.17, 15) is 18.0 Å². The summed E-state index contributed by atoms with van der Waals surface area (Å²) in [6.45, 7) is 1.78. The van der Waals surface area contributed by atoms with Gasteiger partial charge in [-0.3, -0.25) is 0 Å². The van der Waals surface area contributed by atoms with Gasteiger partial charge in [-0.2, -0.15) is 13.2 Å². The summed E-state index contributed by atoms with van der Waals surface area (Å²) in [6, 6.07) is 3.19. The fourth-order valence-electron chi connectivity index (χ4n) is 1.31. The molecule has 0 radical (unpaired) electrons. The van der Waals surface area contributed by atoms with Crippen molar-refractivity contribution in [1.82, 2.24) is 0 Å². The van der Waals surface area contributed by atoms with Crippen LogP contribution in [-0.2, 0) is 15.7 Å². The van der Waals surface area contributed by atoms with Gasteiger partial charge in [-0.05, 0) is 30.7 Å². The molecule has 0 amide bonds. The lowest BCUT2D eigenvalue weighted by Crippen LogP contribution is -2.08. The van der Waals surface area contributed by atoms with Crippen molar-refractivity contribution in [3.8, 4) is 0 Å². The van der Waals surface area contributed by atoms with Gasteiger partial charge >= 0.3 is 12.1 Å². The Labute approximate surface area is 116 Å². The summed E-state index contributed by atoms with van der Waals surface area (Å²) >= 11 is 2.97. The first-order valence-corrected chi connectivity index (χ1v) is 6.05. The van der Waals surface area contributed by atoms with Gasteiger partial charge in [0.15, 0.2) is 0 Å². The molecule has 1 aromatic carbocycles. The molecule has 0 aliphatic carbocycles. The Kier molecular flexibility index (Phi) is 4.99. The summed E-state index contributed by atoms with van der Waals surface area (Å²) < 4.78 is 42.7. The van der Waals surface area contributed by atoms with Crippen LogP contribution in [0, 0.1) is 0 Å². The van der Waals surface area contributed by atoms with Crippen molar-refractivity contribution in [3.05, 3.63) is 39.9 Å². The maximum atomic E-state index is 12.6. The lowest BCUT2D eigenvalue weighted by molar-refractivity contribution is -0.138. The van der Waals surface area contributed by atoms with E-state index in [-0.39, 0.29) is 22.3 Å². The van der Waals surface area contributed by atoms with Gasteiger partial charge in [-0.15, -0.1) is 0 Å². The molecule has 3 nitrogen and oxygen atoms in total. The number of esters is 1. The van der Waals surface area contributed by atoms with Crippen LogP contribution < -0.4 is 5.73 Å². The highest BCUT2D eigenvalue weighted by Gasteiger charge is 2.31. The van der Waals surface area contributed by atoms with Gasteiger partial charge in [-0.25, -0.2) is 4.79 Å². The molecule has 0 spiro atoms. The summed E-state index contributed by atoms with van der Waals surface area (Å²) in [6.07, 6.45) is -3.53. The van der Waals surface area contributed by atoms with Crippen LogP contribution in [0.1, 0.15) is 18.1 Å². The predicted octanol–water partition coefficient (Wildman–Crippen LogP) is 3.33. The maximum absolute atomic E-state index is 12.6. The van der Waals surface area contributed by atoms with E-state index in [0.717, 1.165) is 18.2 Å². The van der Waals surface area contributed by atoms with E-state index in [2.05, 4.69) is 20.7 Å². The molecule has 0 atom stereocenters. The Morgan fingerprint density at radius 3 is 2.58 bits per heavy atom. The Morgan fingerprint density at radius 1 is 1.42 bits per heavy atom. The van der Waals surface area contributed by atoms with Crippen LogP contribution in [0.25, 0.3) is 5.70 Å². The Hall–Kier alpha value is -1.50. The molecule has 0 fully saturated rings. The third-order valence-electron chi connectivity index (χ3n) is 2.12. The SMILES string of the molecule is CCOC(=O)/C=C(/N)c1cc(Br)cc(C(F)(F)F)c1. The van der Waals surface area contributed by atoms with Gasteiger partial charge < -0.3 is 10.5 Å². The molecular formula is C12H11BrF3NO2. The number of carbonyl (C=O) groups is 1. The molecule has 0 aliphatic rings. The number of hydrogen-bond donors (Lipinski definition) is 1. The van der Waals surface area contributed by atoms with Crippen molar-refractivity contribution in [2.75, 3.05) is 6.61 Å². The van der Waals surface area contributed by atoms with Crippen molar-refractivity contribution in [1.29, 1.82) is 0 Å². The third kappa shape index (κ3) is 4.59. The van der Waals surface area contributed by atoms with Crippen LogP contribution in [0.2, 0.25) is 0 Å². The van der Waals surface area contributed by atoms with Crippen LogP contribution in [0.15, 0.2) is 28.7 Å². The first-order valence-electron chi connectivity index (χ1n) is 5.26. The van der Waals surface area contributed by atoms with E-state index in [4.69, 9.17) is 5.73 Å². The van der Waals surface area contributed by atoms with Crippen LogP contribution in [-0.4, -0.2) is 12.6 Å². The molecule has 7 heteroatoms. The summed E-state index contributed by atoms with van der Waals surface area (Å²) in [4.78, 5) is 11.2. The lowest BCUT2D eigenvalue weighted by Gasteiger charge is -2.10. The van der Waals surface area contributed by atoms with E-state index in [1.54, 1.807) is 6.92 Å². The fraction of sp³-hybridized carbons (Fsp3) is 0.250. The molecular weight excluding hydrogens is 327 g/mol. The summed E-state index contributed by atoms with van der Waals surface area (Å²) in [5.41, 5.74) is 4.73. The molecule has 0 aromatic heterocycles. The maximum Gasteiger partial charge on any atom is 0.416 e. The van der Waals surface area contributed by atoms with E-state index >= 15 is 0 Å². The number of carbonyl (C=O) groups excluding carboxylic acids is 1. The molecule has 1 aromatic rings. The minimum Gasteiger partial charge on any atom is -0.463 e. The van der Waals surface area contributed by atoms with Crippen molar-refractivity contribution in [3.63, 3.8) is 0 Å². The molecule has 0 bridgehead atoms. The third-order valence-corrected chi connectivity index (χ3v) is 2.58. The first-order chi connectivity index (χ1) is 8.74. The summed E-state index contributed by atoms with van der Waals surface area (Å²) in [5.74, 6) is -0.700. The molecule has 19 heavy (non-hydrogen) atoms. The number of nitrogens with two attached hydrogens (primary N) is 1. The number of rotatable bonds is 3. The molecule has 0 unspecified atom stereocenters. The second kappa shape index (κ2) is 6.10. The normalized spacial score (nSPS) is 12.4. The number of alkyl halides is 3. The number of halogens is 4. The first kappa shape index (κ1) is 15.6. The summed E-state index contributed by atoms with van der Waals surface area (Å²) in [7, 11) is 0. The number of ether oxygens (including phenoxy) is 1. The summed E-state index contributed by atoms with van der Waals surface area (Å²) in [5, 5.41) is 0. The zero-order chi connectivity index (χ0) is 14.6. The average Bonchev–Trinajstić information content (AvgIpc) is 2.27. The highest BCUT2D eigenvalue weighted by atomic mass is 79.9. The standard InChI is InChI=1S/C12H11BrF3NO2/c1-2-19-11(18)6-10(17)7-3-8(12(14,15)16)5-9(13)4-7/h3-6H,2,17H2,1H3/b10-6+.